The van der Waals surface area contributed by atoms with Crippen LogP contribution in [0.25, 0.3) is 0 Å². The van der Waals surface area contributed by atoms with Crippen LogP contribution in [0.5, 0.6) is 0 Å². The van der Waals surface area contributed by atoms with Crippen molar-refractivity contribution in [1.82, 2.24) is 9.97 Å². The van der Waals surface area contributed by atoms with E-state index in [1.54, 1.807) is 0 Å². The number of aromatic nitrogens is 2. The van der Waals surface area contributed by atoms with Gasteiger partial charge in [0, 0.05) is 24.0 Å². The number of hydrogen-bond acceptors (Lipinski definition) is 2. The predicted molar refractivity (Wildman–Crippen MR) is 84.3 cm³/mol. The summed E-state index contributed by atoms with van der Waals surface area (Å²) in [6.07, 6.45) is 4.74. The number of benzene rings is 2. The third-order valence-electron chi connectivity index (χ3n) is 4.19. The first-order valence-corrected chi connectivity index (χ1v) is 7.31. The molecule has 1 aliphatic rings. The minimum Gasteiger partial charge on any atom is -0.378 e. The number of hydrogen-bond donors (Lipinski definition) is 2. The van der Waals surface area contributed by atoms with Crippen LogP contribution in [0.2, 0.25) is 0 Å². The summed E-state index contributed by atoms with van der Waals surface area (Å²) in [7, 11) is 0. The van der Waals surface area contributed by atoms with Gasteiger partial charge in [-0.1, -0.05) is 48.5 Å². The number of fused-ring (bicyclic) bond motifs is 1. The minimum absolute atomic E-state index is 0.308. The molecule has 3 heteroatoms. The summed E-state index contributed by atoms with van der Waals surface area (Å²) in [5.41, 5.74) is 3.85. The standard InChI is InChI=1S/C18H17N3/c1-2-6-13(7-3-1)17-12-15(18-19-10-11-20-18)14-8-4-5-9-16(14)21-17/h1-11,15,17,21H,12H2,(H,19,20). The second kappa shape index (κ2) is 5.09. The molecule has 2 atom stereocenters. The second-order valence-electron chi connectivity index (χ2n) is 5.46. The average molecular weight is 275 g/mol. The Balaban J connectivity index is 1.77. The van der Waals surface area contributed by atoms with Crippen LogP contribution in [0.15, 0.2) is 67.0 Å². The monoisotopic (exact) mass is 275 g/mol. The van der Waals surface area contributed by atoms with Gasteiger partial charge in [0.15, 0.2) is 0 Å². The highest BCUT2D eigenvalue weighted by Crippen LogP contribution is 2.42. The highest BCUT2D eigenvalue weighted by Gasteiger charge is 2.29. The van der Waals surface area contributed by atoms with E-state index >= 15 is 0 Å². The van der Waals surface area contributed by atoms with Crippen LogP contribution >= 0.6 is 0 Å². The number of nitrogens with zero attached hydrogens (tertiary/aromatic N) is 1. The topological polar surface area (TPSA) is 40.7 Å². The molecule has 0 saturated carbocycles. The van der Waals surface area contributed by atoms with Gasteiger partial charge in [-0.15, -0.1) is 0 Å². The van der Waals surface area contributed by atoms with E-state index in [0.717, 1.165) is 12.2 Å². The van der Waals surface area contributed by atoms with Crippen molar-refractivity contribution in [2.75, 3.05) is 5.32 Å². The molecule has 3 nitrogen and oxygen atoms in total. The Kier molecular flexibility index (Phi) is 2.96. The van der Waals surface area contributed by atoms with E-state index in [4.69, 9.17) is 0 Å². The summed E-state index contributed by atoms with van der Waals surface area (Å²) in [6, 6.07) is 19.5. The van der Waals surface area contributed by atoms with E-state index in [1.165, 1.54) is 16.8 Å². The van der Waals surface area contributed by atoms with Crippen LogP contribution in [0.4, 0.5) is 5.69 Å². The fourth-order valence-corrected chi connectivity index (χ4v) is 3.17. The summed E-state index contributed by atoms with van der Waals surface area (Å²) in [5, 5.41) is 3.66. The van der Waals surface area contributed by atoms with E-state index in [1.807, 2.05) is 12.4 Å². The van der Waals surface area contributed by atoms with Crippen molar-refractivity contribution in [3.63, 3.8) is 0 Å². The Hall–Kier alpha value is -2.55. The first-order chi connectivity index (χ1) is 10.4. The molecule has 21 heavy (non-hydrogen) atoms. The van der Waals surface area contributed by atoms with Gasteiger partial charge in [0.05, 0.1) is 6.04 Å². The Morgan fingerprint density at radius 3 is 2.57 bits per heavy atom. The van der Waals surface area contributed by atoms with E-state index in [0.29, 0.717) is 12.0 Å². The molecule has 0 radical (unpaired) electrons. The van der Waals surface area contributed by atoms with Crippen molar-refractivity contribution in [3.05, 3.63) is 83.9 Å². The van der Waals surface area contributed by atoms with Crippen LogP contribution in [-0.2, 0) is 0 Å². The van der Waals surface area contributed by atoms with Crippen LogP contribution in [0.1, 0.15) is 35.3 Å². The molecule has 0 amide bonds. The molecule has 2 aromatic carbocycles. The summed E-state index contributed by atoms with van der Waals surface area (Å²) in [5.74, 6) is 1.35. The fourth-order valence-electron chi connectivity index (χ4n) is 3.17. The number of imidazole rings is 1. The van der Waals surface area contributed by atoms with Gasteiger partial charge in [-0.05, 0) is 23.6 Å². The smallest absolute Gasteiger partial charge is 0.113 e. The van der Waals surface area contributed by atoms with Crippen molar-refractivity contribution in [2.24, 2.45) is 0 Å². The zero-order valence-corrected chi connectivity index (χ0v) is 11.7. The predicted octanol–water partition coefficient (Wildman–Crippen LogP) is 4.10. The minimum atomic E-state index is 0.308. The molecular weight excluding hydrogens is 258 g/mol. The fraction of sp³-hybridized carbons (Fsp3) is 0.167. The zero-order chi connectivity index (χ0) is 14.1. The Labute approximate surface area is 124 Å². The average Bonchev–Trinajstić information content (AvgIpc) is 3.09. The first-order valence-electron chi connectivity index (χ1n) is 7.31. The van der Waals surface area contributed by atoms with Gasteiger partial charge in [-0.2, -0.15) is 0 Å². The van der Waals surface area contributed by atoms with Gasteiger partial charge in [-0.25, -0.2) is 4.98 Å². The molecule has 2 N–H and O–H groups in total. The van der Waals surface area contributed by atoms with E-state index < -0.39 is 0 Å². The molecule has 1 aliphatic heterocycles. The molecular formula is C18H17N3. The van der Waals surface area contributed by atoms with Crippen LogP contribution in [0.3, 0.4) is 0 Å². The van der Waals surface area contributed by atoms with Crippen molar-refractivity contribution < 1.29 is 0 Å². The molecule has 0 bridgehead atoms. The van der Waals surface area contributed by atoms with E-state index in [2.05, 4.69) is 69.9 Å². The van der Waals surface area contributed by atoms with Crippen molar-refractivity contribution in [2.45, 2.75) is 18.4 Å². The van der Waals surface area contributed by atoms with E-state index in [9.17, 15) is 0 Å². The van der Waals surface area contributed by atoms with Gasteiger partial charge in [0.2, 0.25) is 0 Å². The number of para-hydroxylation sites is 1. The summed E-state index contributed by atoms with van der Waals surface area (Å²) < 4.78 is 0. The molecule has 4 rings (SSSR count). The van der Waals surface area contributed by atoms with Crippen molar-refractivity contribution >= 4 is 5.69 Å². The number of rotatable bonds is 2. The Morgan fingerprint density at radius 1 is 0.952 bits per heavy atom. The SMILES string of the molecule is c1ccc(C2CC(c3ncc[nH]3)c3ccccc3N2)cc1. The Bertz CT molecular complexity index is 719. The maximum absolute atomic E-state index is 4.48. The van der Waals surface area contributed by atoms with Crippen molar-refractivity contribution in [1.29, 1.82) is 0 Å². The molecule has 0 saturated heterocycles. The normalized spacial score (nSPS) is 20.6. The molecule has 3 aromatic rings. The van der Waals surface area contributed by atoms with Crippen molar-refractivity contribution in [3.8, 4) is 0 Å². The van der Waals surface area contributed by atoms with Gasteiger partial charge in [0.25, 0.3) is 0 Å². The quantitative estimate of drug-likeness (QED) is 0.739. The van der Waals surface area contributed by atoms with E-state index in [-0.39, 0.29) is 0 Å². The highest BCUT2D eigenvalue weighted by molar-refractivity contribution is 5.58. The van der Waals surface area contributed by atoms with Gasteiger partial charge >= 0.3 is 0 Å². The largest absolute Gasteiger partial charge is 0.378 e. The zero-order valence-electron chi connectivity index (χ0n) is 11.7. The van der Waals surface area contributed by atoms with Crippen LogP contribution in [0, 0.1) is 0 Å². The number of anilines is 1. The summed E-state index contributed by atoms with van der Waals surface area (Å²) in [6.45, 7) is 0. The molecule has 0 aliphatic carbocycles. The number of nitrogens with one attached hydrogen (secondary N) is 2. The molecule has 0 spiro atoms. The molecule has 0 fully saturated rings. The van der Waals surface area contributed by atoms with Gasteiger partial charge < -0.3 is 10.3 Å². The lowest BCUT2D eigenvalue weighted by Crippen LogP contribution is -2.22. The van der Waals surface area contributed by atoms with Gasteiger partial charge in [0.1, 0.15) is 5.82 Å². The maximum atomic E-state index is 4.48. The summed E-state index contributed by atoms with van der Waals surface area (Å²) in [4.78, 5) is 7.76. The third kappa shape index (κ3) is 2.21. The molecule has 1 aromatic heterocycles. The lowest BCUT2D eigenvalue weighted by atomic mass is 9.84. The maximum Gasteiger partial charge on any atom is 0.113 e. The molecule has 2 heterocycles. The lowest BCUT2D eigenvalue weighted by molar-refractivity contribution is 0.584. The number of H-pyrrole nitrogens is 1. The second-order valence-corrected chi connectivity index (χ2v) is 5.46. The molecule has 2 unspecified atom stereocenters. The van der Waals surface area contributed by atoms with Crippen LogP contribution < -0.4 is 5.32 Å². The Morgan fingerprint density at radius 2 is 1.76 bits per heavy atom. The third-order valence-corrected chi connectivity index (χ3v) is 4.19. The first kappa shape index (κ1) is 12.2. The van der Waals surface area contributed by atoms with Gasteiger partial charge in [-0.3, -0.25) is 0 Å². The van der Waals surface area contributed by atoms with Crippen LogP contribution in [-0.4, -0.2) is 9.97 Å². The lowest BCUT2D eigenvalue weighted by Gasteiger charge is -2.32. The highest BCUT2D eigenvalue weighted by atomic mass is 15.0. The number of aromatic amines is 1. The summed E-state index contributed by atoms with van der Waals surface area (Å²) >= 11 is 0. The molecule has 104 valence electrons.